The van der Waals surface area contributed by atoms with Crippen LogP contribution in [-0.2, 0) is 0 Å². The lowest BCUT2D eigenvalue weighted by Crippen LogP contribution is -2.05. The van der Waals surface area contributed by atoms with Crippen molar-refractivity contribution in [2.24, 2.45) is 0 Å². The summed E-state index contributed by atoms with van der Waals surface area (Å²) >= 11 is 0. The molecule has 1 aromatic carbocycles. The molecule has 0 atom stereocenters. The smallest absolute Gasteiger partial charge is 0.342 e. The molecule has 0 fully saturated rings. The molecule has 0 aliphatic carbocycles. The highest BCUT2D eigenvalue weighted by molar-refractivity contribution is 5.93. The van der Waals surface area contributed by atoms with Crippen molar-refractivity contribution >= 4 is 11.7 Å². The van der Waals surface area contributed by atoms with Gasteiger partial charge in [-0.25, -0.2) is 4.79 Å². The maximum Gasteiger partial charge on any atom is 0.342 e. The third-order valence-corrected chi connectivity index (χ3v) is 1.96. The van der Waals surface area contributed by atoms with Crippen LogP contribution in [0.1, 0.15) is 21.5 Å². The quantitative estimate of drug-likeness (QED) is 0.582. The van der Waals surface area contributed by atoms with Gasteiger partial charge in [0.2, 0.25) is 0 Å². The molecular formula is C9H6N2O4. The van der Waals surface area contributed by atoms with Crippen LogP contribution in [0.4, 0.5) is 5.69 Å². The number of nitrogens with zero attached hydrogens (tertiary/aromatic N) is 2. The zero-order valence-electron chi connectivity index (χ0n) is 7.72. The van der Waals surface area contributed by atoms with Crippen LogP contribution < -0.4 is 0 Å². The van der Waals surface area contributed by atoms with Crippen molar-refractivity contribution < 1.29 is 14.8 Å². The van der Waals surface area contributed by atoms with Crippen LogP contribution in [0.2, 0.25) is 0 Å². The second kappa shape index (κ2) is 3.75. The van der Waals surface area contributed by atoms with Crippen molar-refractivity contribution in [1.82, 2.24) is 0 Å². The number of hydrogen-bond donors (Lipinski definition) is 1. The van der Waals surface area contributed by atoms with Crippen LogP contribution in [0.5, 0.6) is 0 Å². The predicted molar refractivity (Wildman–Crippen MR) is 49.5 cm³/mol. The van der Waals surface area contributed by atoms with E-state index in [0.29, 0.717) is 0 Å². The van der Waals surface area contributed by atoms with E-state index in [0.717, 1.165) is 6.07 Å². The van der Waals surface area contributed by atoms with Crippen molar-refractivity contribution in [2.45, 2.75) is 6.92 Å². The summed E-state index contributed by atoms with van der Waals surface area (Å²) in [5, 5.41) is 28.0. The van der Waals surface area contributed by atoms with E-state index in [-0.39, 0.29) is 11.1 Å². The normalized spacial score (nSPS) is 9.33. The van der Waals surface area contributed by atoms with E-state index < -0.39 is 22.1 Å². The first-order valence-corrected chi connectivity index (χ1v) is 3.90. The fourth-order valence-corrected chi connectivity index (χ4v) is 1.23. The van der Waals surface area contributed by atoms with E-state index in [2.05, 4.69) is 0 Å². The molecule has 1 rings (SSSR count). The van der Waals surface area contributed by atoms with Gasteiger partial charge >= 0.3 is 5.97 Å². The Labute approximate surface area is 84.5 Å². The van der Waals surface area contributed by atoms with Crippen molar-refractivity contribution in [3.05, 3.63) is 38.9 Å². The second-order valence-corrected chi connectivity index (χ2v) is 2.81. The van der Waals surface area contributed by atoms with Crippen molar-refractivity contribution in [3.8, 4) is 6.07 Å². The summed E-state index contributed by atoms with van der Waals surface area (Å²) in [7, 11) is 0. The first kappa shape index (κ1) is 10.7. The minimum Gasteiger partial charge on any atom is -0.477 e. The molecule has 0 unspecified atom stereocenters. The van der Waals surface area contributed by atoms with Gasteiger partial charge in [0, 0.05) is 5.56 Å². The van der Waals surface area contributed by atoms with Crippen LogP contribution in [0.25, 0.3) is 0 Å². The highest BCUT2D eigenvalue weighted by atomic mass is 16.6. The van der Waals surface area contributed by atoms with Crippen LogP contribution in [-0.4, -0.2) is 16.0 Å². The van der Waals surface area contributed by atoms with Crippen LogP contribution >= 0.6 is 0 Å². The lowest BCUT2D eigenvalue weighted by atomic mass is 10.0. The monoisotopic (exact) mass is 206 g/mol. The Bertz CT molecular complexity index is 488. The number of nitro benzene ring substituents is 1. The molecule has 0 aromatic heterocycles. The number of hydrogen-bond acceptors (Lipinski definition) is 4. The zero-order valence-corrected chi connectivity index (χ0v) is 7.72. The highest BCUT2D eigenvalue weighted by Crippen LogP contribution is 2.25. The Morgan fingerprint density at radius 3 is 2.60 bits per heavy atom. The molecule has 6 nitrogen and oxygen atoms in total. The van der Waals surface area contributed by atoms with Gasteiger partial charge in [-0.15, -0.1) is 0 Å². The van der Waals surface area contributed by atoms with E-state index in [4.69, 9.17) is 10.4 Å². The van der Waals surface area contributed by atoms with Crippen LogP contribution in [0, 0.1) is 28.4 Å². The van der Waals surface area contributed by atoms with Gasteiger partial charge in [-0.2, -0.15) is 5.26 Å². The van der Waals surface area contributed by atoms with E-state index in [9.17, 15) is 14.9 Å². The SMILES string of the molecule is Cc1c(C#N)ccc(C(=O)O)c1[N+](=O)[O-]. The zero-order chi connectivity index (χ0) is 11.6. The standard InChI is InChI=1S/C9H6N2O4/c1-5-6(4-10)2-3-7(9(12)13)8(5)11(14)15/h2-3H,1H3,(H,12,13). The minimum absolute atomic E-state index is 0.0717. The van der Waals surface area contributed by atoms with Gasteiger partial charge in [0.05, 0.1) is 16.6 Å². The molecule has 0 aliphatic rings. The van der Waals surface area contributed by atoms with Crippen molar-refractivity contribution in [2.75, 3.05) is 0 Å². The lowest BCUT2D eigenvalue weighted by Gasteiger charge is -2.02. The summed E-state index contributed by atoms with van der Waals surface area (Å²) in [6, 6.07) is 4.08. The van der Waals surface area contributed by atoms with E-state index in [1.165, 1.54) is 13.0 Å². The van der Waals surface area contributed by atoms with Gasteiger partial charge in [0.15, 0.2) is 0 Å². The number of carboxylic acids is 1. The molecule has 0 saturated heterocycles. The molecule has 0 amide bonds. The maximum atomic E-state index is 10.7. The maximum absolute atomic E-state index is 10.7. The summed E-state index contributed by atoms with van der Waals surface area (Å²) in [4.78, 5) is 20.5. The van der Waals surface area contributed by atoms with Crippen LogP contribution in [0.15, 0.2) is 12.1 Å². The van der Waals surface area contributed by atoms with Gasteiger partial charge in [0.25, 0.3) is 5.69 Å². The average Bonchev–Trinajstić information content (AvgIpc) is 2.16. The number of benzene rings is 1. The topological polar surface area (TPSA) is 104 Å². The van der Waals surface area contributed by atoms with Gasteiger partial charge in [0.1, 0.15) is 5.56 Å². The lowest BCUT2D eigenvalue weighted by molar-refractivity contribution is -0.385. The third kappa shape index (κ3) is 1.76. The molecule has 15 heavy (non-hydrogen) atoms. The molecule has 0 aliphatic heterocycles. The fourth-order valence-electron chi connectivity index (χ4n) is 1.23. The number of carboxylic acid groups (broad SMARTS) is 1. The fraction of sp³-hybridized carbons (Fsp3) is 0.111. The Morgan fingerprint density at radius 2 is 2.20 bits per heavy atom. The molecule has 0 spiro atoms. The Kier molecular flexibility index (Phi) is 2.67. The number of carbonyl (C=O) groups is 1. The Balaban J connectivity index is 3.60. The first-order valence-electron chi connectivity index (χ1n) is 3.90. The largest absolute Gasteiger partial charge is 0.477 e. The van der Waals surface area contributed by atoms with Gasteiger partial charge in [-0.05, 0) is 19.1 Å². The van der Waals surface area contributed by atoms with E-state index in [1.807, 2.05) is 0 Å². The summed E-state index contributed by atoms with van der Waals surface area (Å²) in [5.74, 6) is -1.38. The Morgan fingerprint density at radius 1 is 1.60 bits per heavy atom. The van der Waals surface area contributed by atoms with Gasteiger partial charge in [-0.1, -0.05) is 0 Å². The van der Waals surface area contributed by atoms with E-state index in [1.54, 1.807) is 6.07 Å². The first-order chi connectivity index (χ1) is 6.99. The number of nitriles is 1. The van der Waals surface area contributed by atoms with Gasteiger partial charge < -0.3 is 5.11 Å². The molecule has 1 aromatic rings. The second-order valence-electron chi connectivity index (χ2n) is 2.81. The van der Waals surface area contributed by atoms with E-state index >= 15 is 0 Å². The highest BCUT2D eigenvalue weighted by Gasteiger charge is 2.24. The molecule has 76 valence electrons. The molecule has 0 radical (unpaired) electrons. The molecule has 1 N–H and O–H groups in total. The molecule has 0 bridgehead atoms. The summed E-state index contributed by atoms with van der Waals surface area (Å²) in [6.45, 7) is 1.35. The van der Waals surface area contributed by atoms with Gasteiger partial charge in [-0.3, -0.25) is 10.1 Å². The minimum atomic E-state index is -1.38. The molecule has 0 saturated carbocycles. The third-order valence-electron chi connectivity index (χ3n) is 1.96. The summed E-state index contributed by atoms with van der Waals surface area (Å²) < 4.78 is 0. The number of nitro groups is 1. The number of rotatable bonds is 2. The molecular weight excluding hydrogens is 200 g/mol. The van der Waals surface area contributed by atoms with Crippen LogP contribution in [0.3, 0.4) is 0 Å². The molecule has 6 heteroatoms. The van der Waals surface area contributed by atoms with Crippen molar-refractivity contribution in [3.63, 3.8) is 0 Å². The van der Waals surface area contributed by atoms with Crippen molar-refractivity contribution in [1.29, 1.82) is 5.26 Å². The average molecular weight is 206 g/mol. The summed E-state index contributed by atoms with van der Waals surface area (Å²) in [5.41, 5.74) is -0.757. The predicted octanol–water partition coefficient (Wildman–Crippen LogP) is 1.47. The Hall–Kier alpha value is -2.42. The summed E-state index contributed by atoms with van der Waals surface area (Å²) in [6.07, 6.45) is 0. The molecule has 0 heterocycles. The number of aromatic carboxylic acids is 1.